The van der Waals surface area contributed by atoms with Crippen LogP contribution in [0.15, 0.2) is 18.3 Å². The summed E-state index contributed by atoms with van der Waals surface area (Å²) in [5.41, 5.74) is -2.46. The number of hydrogen-bond donors (Lipinski definition) is 4. The van der Waals surface area contributed by atoms with Gasteiger partial charge in [-0.3, -0.25) is 10.1 Å². The van der Waals surface area contributed by atoms with Crippen LogP contribution >= 0.6 is 0 Å². The highest BCUT2D eigenvalue weighted by Crippen LogP contribution is 2.20. The molecule has 2 rings (SSSR count). The lowest BCUT2D eigenvalue weighted by molar-refractivity contribution is -0.162. The topological polar surface area (TPSA) is 166 Å². The van der Waals surface area contributed by atoms with E-state index in [4.69, 9.17) is 18.9 Å². The number of urea groups is 1. The number of aromatic nitrogens is 1. The van der Waals surface area contributed by atoms with Crippen LogP contribution in [0.5, 0.6) is 0 Å². The number of hydrogen-bond acceptors (Lipinski definition) is 9. The molecule has 1 aromatic rings. The van der Waals surface area contributed by atoms with Crippen LogP contribution in [0, 0.1) is 5.92 Å². The lowest BCUT2D eigenvalue weighted by atomic mass is 9.93. The van der Waals surface area contributed by atoms with Crippen molar-refractivity contribution in [1.82, 2.24) is 20.9 Å². The summed E-state index contributed by atoms with van der Waals surface area (Å²) in [6, 6.07) is 1.23. The summed E-state index contributed by atoms with van der Waals surface area (Å²) in [6.45, 7) is 17.2. The van der Waals surface area contributed by atoms with Crippen molar-refractivity contribution in [1.29, 1.82) is 0 Å². The minimum Gasteiger partial charge on any atom is -0.458 e. The number of amides is 4. The Morgan fingerprint density at radius 1 is 0.977 bits per heavy atom. The van der Waals surface area contributed by atoms with Gasteiger partial charge in [0.2, 0.25) is 5.91 Å². The van der Waals surface area contributed by atoms with Crippen molar-refractivity contribution in [2.45, 2.75) is 110 Å². The molecule has 0 aromatic carbocycles. The van der Waals surface area contributed by atoms with Gasteiger partial charge in [0.05, 0.1) is 19.3 Å². The Balaban J connectivity index is 2.21. The second kappa shape index (κ2) is 16.0. The standard InChI is InChI=1S/C31H51N5O8/c1-20(2)22-18-41-14-10-11-15-42-19-23(25(37)33-22)34-27(39)36-31(9,26(38)43-29(3,4)5)16-21-12-13-24(32-17-21)35-28(40)44-30(6,7)8/h12-13,17,20,22-23H,10-11,14-16,18-19H2,1-9H3,(H,33,37)(H,32,35,40)(H2,34,36,39)/t22-,23-,31+/m1/s1. The summed E-state index contributed by atoms with van der Waals surface area (Å²) >= 11 is 0. The molecule has 0 aliphatic carbocycles. The summed E-state index contributed by atoms with van der Waals surface area (Å²) in [7, 11) is 0. The van der Waals surface area contributed by atoms with Gasteiger partial charge in [0.15, 0.2) is 0 Å². The predicted molar refractivity (Wildman–Crippen MR) is 165 cm³/mol. The van der Waals surface area contributed by atoms with E-state index in [1.807, 2.05) is 13.8 Å². The molecule has 1 aliphatic rings. The molecule has 4 N–H and O–H groups in total. The van der Waals surface area contributed by atoms with E-state index in [2.05, 4.69) is 26.3 Å². The maximum Gasteiger partial charge on any atom is 0.413 e. The quantitative estimate of drug-likeness (QED) is 0.332. The van der Waals surface area contributed by atoms with E-state index in [-0.39, 0.29) is 30.8 Å². The average molecular weight is 622 g/mol. The normalized spacial score (nSPS) is 20.2. The van der Waals surface area contributed by atoms with E-state index in [1.165, 1.54) is 13.1 Å². The van der Waals surface area contributed by atoms with Crippen LogP contribution in [0.2, 0.25) is 0 Å². The molecule has 13 heteroatoms. The number of rotatable bonds is 7. The van der Waals surface area contributed by atoms with Crippen molar-refractivity contribution in [2.75, 3.05) is 31.7 Å². The Labute approximate surface area is 260 Å². The zero-order valence-electron chi connectivity index (χ0n) is 27.6. The highest BCUT2D eigenvalue weighted by atomic mass is 16.6. The smallest absolute Gasteiger partial charge is 0.413 e. The highest BCUT2D eigenvalue weighted by molar-refractivity contribution is 5.91. The number of nitrogens with zero attached hydrogens (tertiary/aromatic N) is 1. The molecule has 4 amide bonds. The van der Waals surface area contributed by atoms with Crippen LogP contribution in [-0.4, -0.2) is 84.2 Å². The molecule has 0 bridgehead atoms. The van der Waals surface area contributed by atoms with E-state index in [9.17, 15) is 19.2 Å². The first-order valence-electron chi connectivity index (χ1n) is 15.1. The fourth-order valence-corrected chi connectivity index (χ4v) is 4.11. The minimum absolute atomic E-state index is 0.00910. The molecule has 0 saturated carbocycles. The van der Waals surface area contributed by atoms with Crippen LogP contribution in [0.3, 0.4) is 0 Å². The molecule has 13 nitrogen and oxygen atoms in total. The molecule has 0 spiro atoms. The maximum atomic E-state index is 13.4. The monoisotopic (exact) mass is 621 g/mol. The first-order chi connectivity index (χ1) is 20.4. The first kappa shape index (κ1) is 36.7. The van der Waals surface area contributed by atoms with Crippen LogP contribution in [0.1, 0.15) is 80.7 Å². The Bertz CT molecular complexity index is 1110. The van der Waals surface area contributed by atoms with Gasteiger partial charge in [0.25, 0.3) is 0 Å². The van der Waals surface area contributed by atoms with Crippen LogP contribution in [0.4, 0.5) is 15.4 Å². The predicted octanol–water partition coefficient (Wildman–Crippen LogP) is 3.71. The van der Waals surface area contributed by atoms with Crippen LogP contribution in [0.25, 0.3) is 0 Å². The third-order valence-electron chi connectivity index (χ3n) is 6.41. The Morgan fingerprint density at radius 2 is 1.59 bits per heavy atom. The summed E-state index contributed by atoms with van der Waals surface area (Å²) in [5.74, 6) is -0.731. The van der Waals surface area contributed by atoms with Gasteiger partial charge in [0.1, 0.15) is 28.6 Å². The molecule has 3 atom stereocenters. The average Bonchev–Trinajstić information content (AvgIpc) is 2.86. The summed E-state index contributed by atoms with van der Waals surface area (Å²) in [6.07, 6.45) is 2.41. The number of anilines is 1. The Morgan fingerprint density at radius 3 is 2.14 bits per heavy atom. The van der Waals surface area contributed by atoms with Crippen molar-refractivity contribution in [3.05, 3.63) is 23.9 Å². The maximum absolute atomic E-state index is 13.4. The zero-order valence-corrected chi connectivity index (χ0v) is 27.6. The third-order valence-corrected chi connectivity index (χ3v) is 6.41. The molecule has 2 heterocycles. The number of carbonyl (C=O) groups excluding carboxylic acids is 4. The van der Waals surface area contributed by atoms with E-state index in [0.29, 0.717) is 25.4 Å². The number of pyridine rings is 1. The van der Waals surface area contributed by atoms with Crippen molar-refractivity contribution < 1.29 is 38.1 Å². The summed E-state index contributed by atoms with van der Waals surface area (Å²) in [5, 5.41) is 10.9. The number of nitrogens with one attached hydrogen (secondary N) is 4. The van der Waals surface area contributed by atoms with E-state index in [1.54, 1.807) is 53.7 Å². The molecule has 1 saturated heterocycles. The first-order valence-corrected chi connectivity index (χ1v) is 15.1. The summed E-state index contributed by atoms with van der Waals surface area (Å²) in [4.78, 5) is 56.3. The number of esters is 1. The van der Waals surface area contributed by atoms with Gasteiger partial charge in [0, 0.05) is 25.8 Å². The van der Waals surface area contributed by atoms with Gasteiger partial charge in [-0.05, 0) is 78.9 Å². The number of ether oxygens (including phenoxy) is 4. The Hall–Kier alpha value is -3.45. The lowest BCUT2D eigenvalue weighted by Gasteiger charge is -2.33. The lowest BCUT2D eigenvalue weighted by Crippen LogP contribution is -2.62. The zero-order chi connectivity index (χ0) is 33.1. The van der Waals surface area contributed by atoms with Crippen molar-refractivity contribution in [3.63, 3.8) is 0 Å². The fraction of sp³-hybridized carbons (Fsp3) is 0.710. The van der Waals surface area contributed by atoms with Gasteiger partial charge in [-0.1, -0.05) is 19.9 Å². The minimum atomic E-state index is -1.55. The van der Waals surface area contributed by atoms with Gasteiger partial charge < -0.3 is 34.9 Å². The molecule has 1 aromatic heterocycles. The van der Waals surface area contributed by atoms with Gasteiger partial charge in [-0.15, -0.1) is 0 Å². The summed E-state index contributed by atoms with van der Waals surface area (Å²) < 4.78 is 22.3. The van der Waals surface area contributed by atoms with Crippen LogP contribution in [-0.2, 0) is 35.0 Å². The van der Waals surface area contributed by atoms with Crippen LogP contribution < -0.4 is 21.3 Å². The second-order valence-electron chi connectivity index (χ2n) is 13.6. The molecule has 0 radical (unpaired) electrons. The third kappa shape index (κ3) is 13.5. The molecule has 44 heavy (non-hydrogen) atoms. The second-order valence-corrected chi connectivity index (χ2v) is 13.6. The van der Waals surface area contributed by atoms with Crippen molar-refractivity contribution in [3.8, 4) is 0 Å². The SMILES string of the molecule is CC(C)[C@H]1COCCCCOC[C@@H](NC(=O)N[C@@](C)(Cc2ccc(NC(=O)OC(C)(C)C)nc2)C(=O)OC(C)(C)C)C(=O)N1. The van der Waals surface area contributed by atoms with Crippen molar-refractivity contribution >= 4 is 29.8 Å². The van der Waals surface area contributed by atoms with E-state index in [0.717, 1.165) is 12.8 Å². The van der Waals surface area contributed by atoms with Gasteiger partial charge in [-0.25, -0.2) is 19.4 Å². The van der Waals surface area contributed by atoms with E-state index < -0.39 is 46.8 Å². The molecule has 248 valence electrons. The molecular weight excluding hydrogens is 570 g/mol. The molecular formula is C31H51N5O8. The molecule has 1 fully saturated rings. The molecule has 1 aliphatic heterocycles. The van der Waals surface area contributed by atoms with E-state index >= 15 is 0 Å². The van der Waals surface area contributed by atoms with Gasteiger partial charge >= 0.3 is 18.1 Å². The highest BCUT2D eigenvalue weighted by Gasteiger charge is 2.40. The number of carbonyl (C=O) groups is 4. The molecule has 0 unspecified atom stereocenters. The Kier molecular flexibility index (Phi) is 13.4. The fourth-order valence-electron chi connectivity index (χ4n) is 4.11. The largest absolute Gasteiger partial charge is 0.458 e. The van der Waals surface area contributed by atoms with Gasteiger partial charge in [-0.2, -0.15) is 0 Å². The van der Waals surface area contributed by atoms with Crippen molar-refractivity contribution in [2.24, 2.45) is 5.92 Å².